The Morgan fingerprint density at radius 3 is 2.41 bits per heavy atom. The normalized spacial score (nSPS) is 37.4. The van der Waals surface area contributed by atoms with Crippen LogP contribution in [0.2, 0.25) is 0 Å². The van der Waals surface area contributed by atoms with Crippen LogP contribution < -0.4 is 0 Å². The highest BCUT2D eigenvalue weighted by atomic mass is 16.5. The first-order valence-corrected chi connectivity index (χ1v) is 12.9. The monoisotopic (exact) mass is 468 g/mol. The molecule has 0 aromatic heterocycles. The molecule has 4 rings (SSSR count). The van der Waals surface area contributed by atoms with Crippen molar-refractivity contribution in [2.75, 3.05) is 13.2 Å². The van der Waals surface area contributed by atoms with E-state index in [2.05, 4.69) is 50.3 Å². The third kappa shape index (κ3) is 4.56. The van der Waals surface area contributed by atoms with Gasteiger partial charge in [0.25, 0.3) is 0 Å². The molecule has 1 N–H and O–H groups in total. The highest BCUT2D eigenvalue weighted by Crippen LogP contribution is 2.64. The number of carbonyl (C=O) groups is 2. The fraction of sp³-hybridized carbons (Fsp3) is 0.655. The number of esters is 2. The summed E-state index contributed by atoms with van der Waals surface area (Å²) in [7, 11) is 0. The molecule has 0 saturated heterocycles. The maximum absolute atomic E-state index is 11.7. The maximum atomic E-state index is 11.7. The summed E-state index contributed by atoms with van der Waals surface area (Å²) in [5.74, 6) is 0.473. The number of hydrogen-bond acceptors (Lipinski definition) is 5. The molecule has 5 heteroatoms. The molecule has 0 aliphatic heterocycles. The highest BCUT2D eigenvalue weighted by Gasteiger charge is 2.57. The van der Waals surface area contributed by atoms with Gasteiger partial charge in [0, 0.05) is 26.4 Å². The van der Waals surface area contributed by atoms with Crippen LogP contribution in [0.15, 0.2) is 36.4 Å². The summed E-state index contributed by atoms with van der Waals surface area (Å²) in [4.78, 5) is 23.3. The van der Waals surface area contributed by atoms with Crippen LogP contribution in [0, 0.1) is 34.5 Å². The van der Waals surface area contributed by atoms with Gasteiger partial charge in [-0.2, -0.15) is 0 Å². The van der Waals surface area contributed by atoms with Crippen LogP contribution in [0.25, 0.3) is 5.57 Å². The average molecular weight is 469 g/mol. The van der Waals surface area contributed by atoms with E-state index < -0.39 is 0 Å². The highest BCUT2D eigenvalue weighted by molar-refractivity contribution is 5.73. The molecule has 34 heavy (non-hydrogen) atoms. The SMILES string of the molecule is CC(=O)OC[C@H]1C[C@@H](OC(C)=O)CC[C@]1(C)[C@H]1CC[C@]2(C)C(c3ccccc3)=CC[C@H]2[C@@H]1CO. The van der Waals surface area contributed by atoms with Crippen LogP contribution in [-0.4, -0.2) is 36.4 Å². The Hall–Kier alpha value is -2.14. The Bertz CT molecular complexity index is 924. The standard InChI is InChI=1S/C29H40O5/c1-19(31)33-18-22-16-23(34-20(2)32)12-14-28(22,3)27-13-15-29(4)25(21-8-6-5-7-9-21)10-11-26(29)24(27)17-30/h5-10,22-24,26-27,30H,11-18H2,1-4H3/t22-,23+,24+,26+,27+,28+,29-/m1/s1. The molecule has 2 saturated carbocycles. The van der Waals surface area contributed by atoms with Crippen molar-refractivity contribution in [3.05, 3.63) is 42.0 Å². The second kappa shape index (κ2) is 9.85. The van der Waals surface area contributed by atoms with Gasteiger partial charge >= 0.3 is 11.9 Å². The zero-order valence-corrected chi connectivity index (χ0v) is 21.1. The van der Waals surface area contributed by atoms with Crippen LogP contribution in [0.4, 0.5) is 0 Å². The molecule has 0 heterocycles. The Labute approximate surface area is 203 Å². The molecule has 2 fully saturated rings. The molecule has 3 aliphatic carbocycles. The number of allylic oxidation sites excluding steroid dienone is 2. The van der Waals surface area contributed by atoms with E-state index in [0.717, 1.165) is 32.1 Å². The van der Waals surface area contributed by atoms with Crippen molar-refractivity contribution >= 4 is 17.5 Å². The average Bonchev–Trinajstić information content (AvgIpc) is 3.16. The molecule has 0 spiro atoms. The minimum Gasteiger partial charge on any atom is -0.466 e. The molecule has 0 unspecified atom stereocenters. The summed E-state index contributed by atoms with van der Waals surface area (Å²) in [5, 5.41) is 10.7. The minimum atomic E-state index is -0.278. The van der Waals surface area contributed by atoms with E-state index in [0.29, 0.717) is 24.9 Å². The van der Waals surface area contributed by atoms with Crippen LogP contribution >= 0.6 is 0 Å². The number of benzene rings is 1. The second-order valence-corrected chi connectivity index (χ2v) is 11.2. The van der Waals surface area contributed by atoms with Gasteiger partial charge in [0.1, 0.15) is 6.10 Å². The van der Waals surface area contributed by atoms with E-state index in [1.807, 2.05) is 0 Å². The Balaban J connectivity index is 1.59. The summed E-state index contributed by atoms with van der Waals surface area (Å²) < 4.78 is 11.1. The second-order valence-electron chi connectivity index (χ2n) is 11.2. The van der Waals surface area contributed by atoms with Crippen molar-refractivity contribution in [1.82, 2.24) is 0 Å². The zero-order chi connectivity index (χ0) is 24.5. The predicted molar refractivity (Wildman–Crippen MR) is 132 cm³/mol. The summed E-state index contributed by atoms with van der Waals surface area (Å²) in [6, 6.07) is 10.7. The maximum Gasteiger partial charge on any atom is 0.302 e. The summed E-state index contributed by atoms with van der Waals surface area (Å²) in [5.41, 5.74) is 2.69. The lowest BCUT2D eigenvalue weighted by Gasteiger charge is -2.56. The van der Waals surface area contributed by atoms with Gasteiger partial charge in [0.05, 0.1) is 6.61 Å². The van der Waals surface area contributed by atoms with E-state index >= 15 is 0 Å². The third-order valence-corrected chi connectivity index (χ3v) is 9.47. The quantitative estimate of drug-likeness (QED) is 0.565. The molecule has 7 atom stereocenters. The molecule has 0 radical (unpaired) electrons. The molecule has 5 nitrogen and oxygen atoms in total. The first-order valence-electron chi connectivity index (χ1n) is 12.9. The molecular weight excluding hydrogens is 428 g/mol. The van der Waals surface area contributed by atoms with Gasteiger partial charge in [-0.1, -0.05) is 50.3 Å². The van der Waals surface area contributed by atoms with Gasteiger partial charge in [-0.3, -0.25) is 9.59 Å². The van der Waals surface area contributed by atoms with Crippen molar-refractivity contribution in [3.63, 3.8) is 0 Å². The van der Waals surface area contributed by atoms with Crippen molar-refractivity contribution in [2.24, 2.45) is 34.5 Å². The lowest BCUT2D eigenvalue weighted by Crippen LogP contribution is -2.52. The van der Waals surface area contributed by atoms with Crippen LogP contribution in [-0.2, 0) is 19.1 Å². The first kappa shape index (κ1) is 25.0. The zero-order valence-electron chi connectivity index (χ0n) is 21.1. The minimum absolute atomic E-state index is 0.0575. The van der Waals surface area contributed by atoms with Gasteiger partial charge in [0.2, 0.25) is 0 Å². The van der Waals surface area contributed by atoms with Crippen LogP contribution in [0.3, 0.4) is 0 Å². The third-order valence-electron chi connectivity index (χ3n) is 9.47. The Morgan fingerprint density at radius 1 is 1.03 bits per heavy atom. The van der Waals surface area contributed by atoms with Crippen molar-refractivity contribution in [2.45, 2.75) is 72.3 Å². The summed E-state index contributed by atoms with van der Waals surface area (Å²) in [6.07, 6.45) is 7.80. The lowest BCUT2D eigenvalue weighted by molar-refractivity contribution is -0.162. The van der Waals surface area contributed by atoms with Gasteiger partial charge in [0.15, 0.2) is 0 Å². The summed E-state index contributed by atoms with van der Waals surface area (Å²) in [6.45, 7) is 8.12. The number of aliphatic hydroxyl groups excluding tert-OH is 1. The fourth-order valence-corrected chi connectivity index (χ4v) is 7.68. The smallest absolute Gasteiger partial charge is 0.302 e. The van der Waals surface area contributed by atoms with E-state index in [1.165, 1.54) is 25.0 Å². The number of hydrogen-bond donors (Lipinski definition) is 1. The number of rotatable bonds is 6. The molecule has 3 aliphatic rings. The molecular formula is C29H40O5. The number of aliphatic hydroxyl groups is 1. The lowest BCUT2D eigenvalue weighted by atomic mass is 9.49. The van der Waals surface area contributed by atoms with Gasteiger partial charge < -0.3 is 14.6 Å². The van der Waals surface area contributed by atoms with Gasteiger partial charge in [-0.15, -0.1) is 0 Å². The fourth-order valence-electron chi connectivity index (χ4n) is 7.68. The Morgan fingerprint density at radius 2 is 1.76 bits per heavy atom. The van der Waals surface area contributed by atoms with E-state index in [1.54, 1.807) is 0 Å². The number of ether oxygens (including phenoxy) is 2. The van der Waals surface area contributed by atoms with Gasteiger partial charge in [-0.05, 0) is 78.2 Å². The van der Waals surface area contributed by atoms with Crippen LogP contribution in [0.1, 0.15) is 71.8 Å². The van der Waals surface area contributed by atoms with Crippen molar-refractivity contribution < 1.29 is 24.2 Å². The molecule has 1 aromatic carbocycles. The van der Waals surface area contributed by atoms with Crippen molar-refractivity contribution in [3.8, 4) is 0 Å². The van der Waals surface area contributed by atoms with Crippen LogP contribution in [0.5, 0.6) is 0 Å². The first-order chi connectivity index (χ1) is 16.2. The molecule has 0 bridgehead atoms. The van der Waals surface area contributed by atoms with Crippen molar-refractivity contribution in [1.29, 1.82) is 0 Å². The van der Waals surface area contributed by atoms with E-state index in [-0.39, 0.29) is 47.3 Å². The van der Waals surface area contributed by atoms with E-state index in [9.17, 15) is 14.7 Å². The van der Waals surface area contributed by atoms with E-state index in [4.69, 9.17) is 9.47 Å². The Kier molecular flexibility index (Phi) is 7.23. The largest absolute Gasteiger partial charge is 0.466 e. The topological polar surface area (TPSA) is 72.8 Å². The molecule has 0 amide bonds. The predicted octanol–water partition coefficient (Wildman–Crippen LogP) is 5.42. The van der Waals surface area contributed by atoms with Gasteiger partial charge in [-0.25, -0.2) is 0 Å². The number of fused-ring (bicyclic) bond motifs is 1. The molecule has 1 aromatic rings. The summed E-state index contributed by atoms with van der Waals surface area (Å²) >= 11 is 0. The number of carbonyl (C=O) groups excluding carboxylic acids is 2. The molecule has 186 valence electrons.